The molecular formula is C16H17F2NO3. The third-order valence-electron chi connectivity index (χ3n) is 3.20. The van der Waals surface area contributed by atoms with Gasteiger partial charge >= 0.3 is 0 Å². The maximum Gasteiger partial charge on any atom is 0.224 e. The van der Waals surface area contributed by atoms with Crippen molar-refractivity contribution in [2.45, 2.75) is 31.9 Å². The van der Waals surface area contributed by atoms with Crippen LogP contribution in [0.1, 0.15) is 30.8 Å². The molecule has 118 valence electrons. The molecule has 6 heteroatoms. The van der Waals surface area contributed by atoms with E-state index < -0.39 is 17.7 Å². The summed E-state index contributed by atoms with van der Waals surface area (Å²) in [7, 11) is 0. The topological polar surface area (TPSA) is 62.5 Å². The van der Waals surface area contributed by atoms with E-state index in [0.29, 0.717) is 11.3 Å². The van der Waals surface area contributed by atoms with Crippen LogP contribution in [0.2, 0.25) is 0 Å². The fourth-order valence-corrected chi connectivity index (χ4v) is 2.15. The highest BCUT2D eigenvalue weighted by Gasteiger charge is 2.16. The van der Waals surface area contributed by atoms with E-state index in [2.05, 4.69) is 5.32 Å². The SMILES string of the molecule is CC(CC(O)c1ccco1)NC(=O)Cc1ccc(F)c(F)c1. The first-order valence-corrected chi connectivity index (χ1v) is 6.90. The maximum atomic E-state index is 13.1. The Kier molecular flexibility index (Phi) is 5.27. The van der Waals surface area contributed by atoms with Crippen molar-refractivity contribution in [3.63, 3.8) is 0 Å². The first-order valence-electron chi connectivity index (χ1n) is 6.90. The van der Waals surface area contributed by atoms with Crippen molar-refractivity contribution in [1.29, 1.82) is 0 Å². The molecule has 0 aliphatic heterocycles. The van der Waals surface area contributed by atoms with Gasteiger partial charge in [0, 0.05) is 12.5 Å². The number of hydrogen-bond donors (Lipinski definition) is 2. The van der Waals surface area contributed by atoms with E-state index in [9.17, 15) is 18.7 Å². The lowest BCUT2D eigenvalue weighted by Crippen LogP contribution is -2.34. The van der Waals surface area contributed by atoms with Gasteiger partial charge in [0.05, 0.1) is 12.7 Å². The summed E-state index contributed by atoms with van der Waals surface area (Å²) in [6.45, 7) is 1.75. The molecule has 22 heavy (non-hydrogen) atoms. The summed E-state index contributed by atoms with van der Waals surface area (Å²) in [6, 6.07) is 6.38. The molecule has 4 nitrogen and oxygen atoms in total. The van der Waals surface area contributed by atoms with Crippen molar-refractivity contribution in [2.75, 3.05) is 0 Å². The van der Waals surface area contributed by atoms with Crippen LogP contribution >= 0.6 is 0 Å². The second-order valence-electron chi connectivity index (χ2n) is 5.16. The van der Waals surface area contributed by atoms with Gasteiger partial charge in [-0.25, -0.2) is 8.78 Å². The van der Waals surface area contributed by atoms with Gasteiger partial charge in [-0.2, -0.15) is 0 Å². The highest BCUT2D eigenvalue weighted by atomic mass is 19.2. The van der Waals surface area contributed by atoms with Crippen LogP contribution < -0.4 is 5.32 Å². The molecule has 1 aromatic carbocycles. The van der Waals surface area contributed by atoms with Gasteiger partial charge in [-0.05, 0) is 36.8 Å². The second kappa shape index (κ2) is 7.17. The Labute approximate surface area is 126 Å². The van der Waals surface area contributed by atoms with E-state index in [1.807, 2.05) is 0 Å². The molecule has 1 amide bonds. The molecule has 1 aromatic heterocycles. The van der Waals surface area contributed by atoms with Crippen molar-refractivity contribution in [3.8, 4) is 0 Å². The molecule has 2 N–H and O–H groups in total. The largest absolute Gasteiger partial charge is 0.467 e. The van der Waals surface area contributed by atoms with Crippen LogP contribution in [0.3, 0.4) is 0 Å². The van der Waals surface area contributed by atoms with E-state index in [0.717, 1.165) is 12.1 Å². The van der Waals surface area contributed by atoms with E-state index in [-0.39, 0.29) is 24.8 Å². The van der Waals surface area contributed by atoms with Crippen LogP contribution in [0.25, 0.3) is 0 Å². The van der Waals surface area contributed by atoms with Gasteiger partial charge in [-0.1, -0.05) is 6.07 Å². The van der Waals surface area contributed by atoms with E-state index >= 15 is 0 Å². The quantitative estimate of drug-likeness (QED) is 0.862. The minimum atomic E-state index is -0.980. The zero-order valence-electron chi connectivity index (χ0n) is 12.1. The minimum absolute atomic E-state index is 0.0572. The van der Waals surface area contributed by atoms with Gasteiger partial charge in [-0.3, -0.25) is 4.79 Å². The molecule has 1 heterocycles. The molecule has 2 atom stereocenters. The summed E-state index contributed by atoms with van der Waals surface area (Å²) >= 11 is 0. The third-order valence-corrected chi connectivity index (χ3v) is 3.20. The summed E-state index contributed by atoms with van der Waals surface area (Å²) in [6.07, 6.45) is 0.883. The number of rotatable bonds is 6. The Morgan fingerprint density at radius 1 is 1.32 bits per heavy atom. The van der Waals surface area contributed by atoms with E-state index in [4.69, 9.17) is 4.42 Å². The summed E-state index contributed by atoms with van der Waals surface area (Å²) in [5.41, 5.74) is 0.384. The Hall–Kier alpha value is -2.21. The summed E-state index contributed by atoms with van der Waals surface area (Å²) < 4.78 is 31.0. The third kappa shape index (κ3) is 4.39. The average Bonchev–Trinajstić information content (AvgIpc) is 2.96. The number of benzene rings is 1. The summed E-state index contributed by atoms with van der Waals surface area (Å²) in [4.78, 5) is 11.9. The fourth-order valence-electron chi connectivity index (χ4n) is 2.15. The second-order valence-corrected chi connectivity index (χ2v) is 5.16. The number of hydrogen-bond acceptors (Lipinski definition) is 3. The predicted molar refractivity (Wildman–Crippen MR) is 76.0 cm³/mol. The first kappa shape index (κ1) is 16.2. The molecule has 0 aliphatic rings. The van der Waals surface area contributed by atoms with Gasteiger partial charge < -0.3 is 14.8 Å². The summed E-state index contributed by atoms with van der Waals surface area (Å²) in [5, 5.41) is 12.6. The zero-order chi connectivity index (χ0) is 16.1. The predicted octanol–water partition coefficient (Wildman–Crippen LogP) is 2.73. The molecule has 2 unspecified atom stereocenters. The number of amides is 1. The molecule has 2 aromatic rings. The number of carbonyl (C=O) groups excluding carboxylic acids is 1. The Balaban J connectivity index is 1.84. The molecule has 0 aliphatic carbocycles. The van der Waals surface area contributed by atoms with Crippen LogP contribution in [0.15, 0.2) is 41.0 Å². The van der Waals surface area contributed by atoms with Crippen LogP contribution in [-0.4, -0.2) is 17.1 Å². The van der Waals surface area contributed by atoms with Crippen molar-refractivity contribution >= 4 is 5.91 Å². The average molecular weight is 309 g/mol. The van der Waals surface area contributed by atoms with Crippen molar-refractivity contribution in [1.82, 2.24) is 5.32 Å². The van der Waals surface area contributed by atoms with E-state index in [1.165, 1.54) is 12.3 Å². The number of carbonyl (C=O) groups is 1. The molecule has 0 saturated carbocycles. The zero-order valence-corrected chi connectivity index (χ0v) is 12.1. The van der Waals surface area contributed by atoms with Crippen molar-refractivity contribution in [2.24, 2.45) is 0 Å². The van der Waals surface area contributed by atoms with Gasteiger partial charge in [-0.15, -0.1) is 0 Å². The van der Waals surface area contributed by atoms with Crippen LogP contribution in [0, 0.1) is 11.6 Å². The normalized spacial score (nSPS) is 13.6. The highest BCUT2D eigenvalue weighted by Crippen LogP contribution is 2.18. The van der Waals surface area contributed by atoms with Gasteiger partial charge in [0.1, 0.15) is 11.9 Å². The Morgan fingerprint density at radius 3 is 2.73 bits per heavy atom. The van der Waals surface area contributed by atoms with Crippen LogP contribution in [0.5, 0.6) is 0 Å². The lowest BCUT2D eigenvalue weighted by Gasteiger charge is -2.16. The molecule has 0 spiro atoms. The van der Waals surface area contributed by atoms with Gasteiger partial charge in [0.25, 0.3) is 0 Å². The lowest BCUT2D eigenvalue weighted by atomic mass is 10.1. The molecule has 0 saturated heterocycles. The fraction of sp³-hybridized carbons (Fsp3) is 0.312. The standard InChI is InChI=1S/C16H17F2NO3/c1-10(7-14(20)15-3-2-6-22-15)19-16(21)9-11-4-5-12(17)13(18)8-11/h2-6,8,10,14,20H,7,9H2,1H3,(H,19,21). The number of halogens is 2. The molecule has 0 fully saturated rings. The molecule has 0 radical (unpaired) electrons. The molecular weight excluding hydrogens is 292 g/mol. The monoisotopic (exact) mass is 309 g/mol. The Morgan fingerprint density at radius 2 is 2.09 bits per heavy atom. The smallest absolute Gasteiger partial charge is 0.224 e. The number of nitrogens with one attached hydrogen (secondary N) is 1. The highest BCUT2D eigenvalue weighted by molar-refractivity contribution is 5.78. The lowest BCUT2D eigenvalue weighted by molar-refractivity contribution is -0.121. The van der Waals surface area contributed by atoms with Gasteiger partial charge in [0.15, 0.2) is 11.6 Å². The number of aliphatic hydroxyl groups excluding tert-OH is 1. The summed E-state index contributed by atoms with van der Waals surface area (Å²) in [5.74, 6) is -1.82. The van der Waals surface area contributed by atoms with Crippen LogP contribution in [-0.2, 0) is 11.2 Å². The van der Waals surface area contributed by atoms with Gasteiger partial charge in [0.2, 0.25) is 5.91 Å². The van der Waals surface area contributed by atoms with Crippen molar-refractivity contribution < 1.29 is 23.1 Å². The van der Waals surface area contributed by atoms with E-state index in [1.54, 1.807) is 19.1 Å². The number of aliphatic hydroxyl groups is 1. The minimum Gasteiger partial charge on any atom is -0.467 e. The number of furan rings is 1. The Bertz CT molecular complexity index is 628. The van der Waals surface area contributed by atoms with Crippen molar-refractivity contribution in [3.05, 3.63) is 59.6 Å². The van der Waals surface area contributed by atoms with Crippen LogP contribution in [0.4, 0.5) is 8.78 Å². The first-order chi connectivity index (χ1) is 10.5. The maximum absolute atomic E-state index is 13.1. The molecule has 0 bridgehead atoms. The molecule has 2 rings (SSSR count).